The van der Waals surface area contributed by atoms with E-state index in [1.165, 1.54) is 21.5 Å². The maximum absolute atomic E-state index is 10.5. The van der Waals surface area contributed by atoms with Crippen LogP contribution >= 0.6 is 0 Å². The maximum Gasteiger partial charge on any atom is 0.160 e. The highest BCUT2D eigenvalue weighted by molar-refractivity contribution is 6.26. The van der Waals surface area contributed by atoms with Crippen molar-refractivity contribution < 1.29 is 0 Å². The van der Waals surface area contributed by atoms with Crippen LogP contribution < -0.4 is 0 Å². The van der Waals surface area contributed by atoms with Gasteiger partial charge in [-0.1, -0.05) is 133 Å². The van der Waals surface area contributed by atoms with Crippen molar-refractivity contribution in [1.82, 2.24) is 19.1 Å². The van der Waals surface area contributed by atoms with Gasteiger partial charge in [-0.2, -0.15) is 5.26 Å². The normalized spacial score (nSPS) is 11.4. The van der Waals surface area contributed by atoms with Crippen molar-refractivity contribution in [3.8, 4) is 51.3 Å². The van der Waals surface area contributed by atoms with Crippen LogP contribution in [0.5, 0.6) is 0 Å². The lowest BCUT2D eigenvalue weighted by Crippen LogP contribution is -2.02. The van der Waals surface area contributed by atoms with Gasteiger partial charge in [0.2, 0.25) is 0 Å². The molecule has 0 saturated carbocycles. The SMILES string of the molecule is N#Cc1c(-c2ccccc2)nc(-c2cccc(-n3c4ccccc4c4ccc5c(c6ccccc6n5-c5ccccc5)c43)c2)nc1-c1ccccc1. The largest absolute Gasteiger partial charge is 0.309 e. The van der Waals surface area contributed by atoms with Crippen LogP contribution in [0.2, 0.25) is 0 Å². The molecule has 5 heteroatoms. The minimum atomic E-state index is 0.455. The summed E-state index contributed by atoms with van der Waals surface area (Å²) >= 11 is 0. The first kappa shape index (κ1) is 29.6. The highest BCUT2D eigenvalue weighted by atomic mass is 15.0. The van der Waals surface area contributed by atoms with Crippen molar-refractivity contribution in [2.75, 3.05) is 0 Å². The number of benzene rings is 7. The van der Waals surface area contributed by atoms with Gasteiger partial charge >= 0.3 is 0 Å². The molecule has 0 amide bonds. The van der Waals surface area contributed by atoms with Crippen LogP contribution in [0.4, 0.5) is 0 Å². The van der Waals surface area contributed by atoms with E-state index >= 15 is 0 Å². The predicted octanol–water partition coefficient (Wildman–Crippen LogP) is 11.5. The smallest absolute Gasteiger partial charge is 0.160 e. The summed E-state index contributed by atoms with van der Waals surface area (Å²) in [5, 5.41) is 15.2. The Morgan fingerprint density at radius 3 is 1.62 bits per heavy atom. The lowest BCUT2D eigenvalue weighted by atomic mass is 10.00. The molecule has 0 saturated heterocycles. The maximum atomic E-state index is 10.5. The molecule has 0 aliphatic rings. The van der Waals surface area contributed by atoms with E-state index in [9.17, 15) is 5.26 Å². The van der Waals surface area contributed by atoms with Gasteiger partial charge in [0.15, 0.2) is 5.82 Å². The second-order valence-corrected chi connectivity index (χ2v) is 12.9. The molecule has 52 heavy (non-hydrogen) atoms. The minimum Gasteiger partial charge on any atom is -0.309 e. The van der Waals surface area contributed by atoms with Gasteiger partial charge < -0.3 is 9.13 Å². The molecule has 0 bridgehead atoms. The Kier molecular flexibility index (Phi) is 6.80. The van der Waals surface area contributed by atoms with Crippen LogP contribution in [0.25, 0.3) is 88.9 Å². The molecule has 0 spiro atoms. The molecule has 0 atom stereocenters. The molecule has 3 heterocycles. The van der Waals surface area contributed by atoms with E-state index in [0.29, 0.717) is 22.8 Å². The van der Waals surface area contributed by atoms with E-state index < -0.39 is 0 Å². The van der Waals surface area contributed by atoms with Gasteiger partial charge in [0, 0.05) is 49.6 Å². The Balaban J connectivity index is 1.27. The number of fused-ring (bicyclic) bond motifs is 7. The average Bonchev–Trinajstić information content (AvgIpc) is 3.74. The van der Waals surface area contributed by atoms with Crippen molar-refractivity contribution >= 4 is 43.6 Å². The predicted molar refractivity (Wildman–Crippen MR) is 212 cm³/mol. The zero-order valence-electron chi connectivity index (χ0n) is 28.0. The van der Waals surface area contributed by atoms with E-state index in [0.717, 1.165) is 50.1 Å². The summed E-state index contributed by atoms with van der Waals surface area (Å²) in [5.74, 6) is 0.560. The molecule has 0 radical (unpaired) electrons. The average molecular weight is 664 g/mol. The van der Waals surface area contributed by atoms with Crippen molar-refractivity contribution in [3.63, 3.8) is 0 Å². The fourth-order valence-corrected chi connectivity index (χ4v) is 7.72. The first-order chi connectivity index (χ1) is 25.8. The second-order valence-electron chi connectivity index (χ2n) is 12.9. The number of nitriles is 1. The number of rotatable bonds is 5. The lowest BCUT2D eigenvalue weighted by Gasteiger charge is -2.14. The Morgan fingerprint density at radius 2 is 0.962 bits per heavy atom. The Labute approximate surface area is 299 Å². The number of para-hydroxylation sites is 3. The minimum absolute atomic E-state index is 0.455. The number of aromatic nitrogens is 4. The van der Waals surface area contributed by atoms with Gasteiger partial charge in [-0.3, -0.25) is 0 Å². The van der Waals surface area contributed by atoms with Gasteiger partial charge in [-0.25, -0.2) is 9.97 Å². The third kappa shape index (κ3) is 4.56. The summed E-state index contributed by atoms with van der Waals surface area (Å²) < 4.78 is 4.75. The summed E-state index contributed by atoms with van der Waals surface area (Å²) in [7, 11) is 0. The van der Waals surface area contributed by atoms with E-state index in [1.807, 2.05) is 60.7 Å². The molecule has 3 aromatic heterocycles. The van der Waals surface area contributed by atoms with Crippen LogP contribution in [0.3, 0.4) is 0 Å². The monoisotopic (exact) mass is 663 g/mol. The number of hydrogen-bond donors (Lipinski definition) is 0. The quantitative estimate of drug-likeness (QED) is 0.184. The molecule has 242 valence electrons. The second kappa shape index (κ2) is 11.9. The summed E-state index contributed by atoms with van der Waals surface area (Å²) in [6.45, 7) is 0. The zero-order chi connectivity index (χ0) is 34.6. The lowest BCUT2D eigenvalue weighted by molar-refractivity contribution is 1.15. The van der Waals surface area contributed by atoms with Crippen LogP contribution in [0, 0.1) is 11.3 Å². The zero-order valence-corrected chi connectivity index (χ0v) is 28.0. The molecule has 0 aliphatic heterocycles. The topological polar surface area (TPSA) is 59.4 Å². The van der Waals surface area contributed by atoms with Gasteiger partial charge in [-0.15, -0.1) is 0 Å². The molecule has 10 rings (SSSR count). The van der Waals surface area contributed by atoms with Crippen molar-refractivity contribution in [2.45, 2.75) is 0 Å². The summed E-state index contributed by atoms with van der Waals surface area (Å²) in [6, 6.07) is 63.1. The summed E-state index contributed by atoms with van der Waals surface area (Å²) in [5.41, 5.74) is 11.0. The first-order valence-corrected chi connectivity index (χ1v) is 17.3. The van der Waals surface area contributed by atoms with Gasteiger partial charge in [0.1, 0.15) is 11.6 Å². The van der Waals surface area contributed by atoms with Crippen LogP contribution in [0.1, 0.15) is 5.56 Å². The third-order valence-electron chi connectivity index (χ3n) is 9.96. The molecular weight excluding hydrogens is 635 g/mol. The van der Waals surface area contributed by atoms with Crippen LogP contribution in [-0.4, -0.2) is 19.1 Å². The fraction of sp³-hybridized carbons (Fsp3) is 0. The fourth-order valence-electron chi connectivity index (χ4n) is 7.72. The Morgan fingerprint density at radius 1 is 0.423 bits per heavy atom. The van der Waals surface area contributed by atoms with E-state index in [4.69, 9.17) is 9.97 Å². The number of hydrogen-bond acceptors (Lipinski definition) is 3. The highest BCUT2D eigenvalue weighted by Gasteiger charge is 2.22. The van der Waals surface area contributed by atoms with Crippen molar-refractivity contribution in [3.05, 3.63) is 181 Å². The van der Waals surface area contributed by atoms with E-state index in [2.05, 4.69) is 130 Å². The molecule has 5 nitrogen and oxygen atoms in total. The molecule has 0 N–H and O–H groups in total. The Bertz CT molecular complexity index is 2950. The standard InChI is InChI=1S/C47H29N5/c48-30-39-44(31-15-4-1-5-16-31)49-47(50-45(39)32-17-6-2-7-18-32)33-19-14-22-35(29-33)52-40-25-12-10-23-36(40)37-27-28-42-43(46(37)52)38-24-11-13-26-41(38)51(42)34-20-8-3-9-21-34/h1-29H. The number of nitrogens with zero attached hydrogens (tertiary/aromatic N) is 5. The van der Waals surface area contributed by atoms with E-state index in [-0.39, 0.29) is 0 Å². The molecule has 10 aromatic rings. The molecule has 0 unspecified atom stereocenters. The summed E-state index contributed by atoms with van der Waals surface area (Å²) in [6.07, 6.45) is 0. The Hall–Kier alpha value is -7.29. The van der Waals surface area contributed by atoms with Crippen LogP contribution in [0.15, 0.2) is 176 Å². The molecule has 0 fully saturated rings. The summed E-state index contributed by atoms with van der Waals surface area (Å²) in [4.78, 5) is 10.2. The molecular formula is C47H29N5. The highest BCUT2D eigenvalue weighted by Crippen LogP contribution is 2.42. The molecule has 7 aromatic carbocycles. The third-order valence-corrected chi connectivity index (χ3v) is 9.96. The molecule has 0 aliphatic carbocycles. The van der Waals surface area contributed by atoms with Gasteiger partial charge in [0.05, 0.1) is 33.5 Å². The van der Waals surface area contributed by atoms with E-state index in [1.54, 1.807) is 0 Å². The van der Waals surface area contributed by atoms with Gasteiger partial charge in [0.25, 0.3) is 0 Å². The van der Waals surface area contributed by atoms with Crippen molar-refractivity contribution in [1.29, 1.82) is 5.26 Å². The van der Waals surface area contributed by atoms with Crippen LogP contribution in [-0.2, 0) is 0 Å². The van der Waals surface area contributed by atoms with Gasteiger partial charge in [-0.05, 0) is 42.5 Å². The van der Waals surface area contributed by atoms with Crippen molar-refractivity contribution in [2.24, 2.45) is 0 Å². The first-order valence-electron chi connectivity index (χ1n) is 17.3.